The summed E-state index contributed by atoms with van der Waals surface area (Å²) in [6.45, 7) is 4.12. The van der Waals surface area contributed by atoms with Crippen molar-refractivity contribution in [2.75, 3.05) is 30.5 Å². The van der Waals surface area contributed by atoms with E-state index in [1.807, 2.05) is 13.8 Å². The number of ether oxygens (including phenoxy) is 3. The van der Waals surface area contributed by atoms with Crippen molar-refractivity contribution in [3.05, 3.63) is 54.1 Å². The number of hydrogen-bond acceptors (Lipinski definition) is 7. The highest BCUT2D eigenvalue weighted by Gasteiger charge is 2.13. The topological polar surface area (TPSA) is 120 Å². The van der Waals surface area contributed by atoms with Gasteiger partial charge in [0.25, 0.3) is 5.91 Å². The summed E-state index contributed by atoms with van der Waals surface area (Å²) in [6, 6.07) is 13.3. The van der Waals surface area contributed by atoms with E-state index in [9.17, 15) is 19.2 Å². The van der Waals surface area contributed by atoms with Gasteiger partial charge in [0.2, 0.25) is 5.91 Å². The highest BCUT2D eigenvalue weighted by Crippen LogP contribution is 2.23. The van der Waals surface area contributed by atoms with Gasteiger partial charge in [0, 0.05) is 12.1 Å². The number of benzene rings is 2. The molecular weight excluding hydrogens is 440 g/mol. The molecule has 0 fully saturated rings. The predicted octanol–water partition coefficient (Wildman–Crippen LogP) is 3.94. The molecule has 9 heteroatoms. The Hall–Kier alpha value is -3.88. The largest absolute Gasteiger partial charge is 0.492 e. The molecule has 2 aromatic carbocycles. The number of hydrogen-bond donors (Lipinski definition) is 2. The van der Waals surface area contributed by atoms with E-state index in [1.165, 1.54) is 6.07 Å². The summed E-state index contributed by atoms with van der Waals surface area (Å²) in [6.07, 6.45) is 1.35. The molecular formula is C25H30N2O7. The zero-order valence-corrected chi connectivity index (χ0v) is 19.4. The van der Waals surface area contributed by atoms with Crippen LogP contribution in [-0.2, 0) is 23.9 Å². The molecule has 9 nitrogen and oxygen atoms in total. The summed E-state index contributed by atoms with van der Waals surface area (Å²) >= 11 is 0. The predicted molar refractivity (Wildman–Crippen MR) is 127 cm³/mol. The Kier molecular flexibility index (Phi) is 11.1. The molecule has 0 saturated heterocycles. The van der Waals surface area contributed by atoms with E-state index in [0.29, 0.717) is 35.9 Å². The number of anilines is 2. The van der Waals surface area contributed by atoms with Crippen LogP contribution in [0.1, 0.15) is 49.9 Å². The molecule has 0 unspecified atom stereocenters. The SMILES string of the molecule is CCCCOC(=O)c1cccc(NC(=O)CCC(=O)OCC(=O)Nc2ccccc2OCC)c1. The quantitative estimate of drug-likeness (QED) is 0.336. The van der Waals surface area contributed by atoms with Gasteiger partial charge < -0.3 is 24.8 Å². The molecule has 2 rings (SSSR count). The maximum absolute atomic E-state index is 12.2. The van der Waals surface area contributed by atoms with Crippen molar-refractivity contribution in [2.45, 2.75) is 39.5 Å². The van der Waals surface area contributed by atoms with Crippen molar-refractivity contribution in [1.29, 1.82) is 0 Å². The lowest BCUT2D eigenvalue weighted by Crippen LogP contribution is -2.22. The highest BCUT2D eigenvalue weighted by atomic mass is 16.5. The Balaban J connectivity index is 1.74. The van der Waals surface area contributed by atoms with Gasteiger partial charge in [-0.1, -0.05) is 31.5 Å². The third kappa shape index (κ3) is 9.32. The van der Waals surface area contributed by atoms with E-state index >= 15 is 0 Å². The average molecular weight is 471 g/mol. The minimum atomic E-state index is -0.684. The Morgan fingerprint density at radius 3 is 2.41 bits per heavy atom. The monoisotopic (exact) mass is 470 g/mol. The molecule has 0 spiro atoms. The summed E-state index contributed by atoms with van der Waals surface area (Å²) in [4.78, 5) is 48.2. The van der Waals surface area contributed by atoms with Crippen LogP contribution in [0.25, 0.3) is 0 Å². The fraction of sp³-hybridized carbons (Fsp3) is 0.360. The van der Waals surface area contributed by atoms with Gasteiger partial charge >= 0.3 is 11.9 Å². The summed E-state index contributed by atoms with van der Waals surface area (Å²) in [5.74, 6) is -1.58. The number of nitrogens with one attached hydrogen (secondary N) is 2. The van der Waals surface area contributed by atoms with Gasteiger partial charge in [-0.2, -0.15) is 0 Å². The van der Waals surface area contributed by atoms with Crippen LogP contribution in [0, 0.1) is 0 Å². The highest BCUT2D eigenvalue weighted by molar-refractivity contribution is 5.96. The average Bonchev–Trinajstić information content (AvgIpc) is 2.83. The maximum atomic E-state index is 12.2. The standard InChI is InChI=1S/C25H30N2O7/c1-3-5-15-33-25(31)18-9-8-10-19(16-18)26-22(28)13-14-24(30)34-17-23(29)27-20-11-6-7-12-21(20)32-4-2/h6-12,16H,3-5,13-15,17H2,1-2H3,(H,26,28)(H,27,29). The van der Waals surface area contributed by atoms with Crippen LogP contribution in [0.4, 0.5) is 11.4 Å². The number of rotatable bonds is 13. The molecule has 0 aliphatic carbocycles. The fourth-order valence-corrected chi connectivity index (χ4v) is 2.81. The first-order chi connectivity index (χ1) is 16.4. The first-order valence-electron chi connectivity index (χ1n) is 11.2. The van der Waals surface area contributed by atoms with Crippen LogP contribution in [0.2, 0.25) is 0 Å². The normalized spacial score (nSPS) is 10.2. The van der Waals surface area contributed by atoms with Crippen molar-refractivity contribution in [2.24, 2.45) is 0 Å². The molecule has 0 aromatic heterocycles. The third-order valence-electron chi connectivity index (χ3n) is 4.49. The van der Waals surface area contributed by atoms with Gasteiger partial charge in [-0.3, -0.25) is 14.4 Å². The maximum Gasteiger partial charge on any atom is 0.338 e. The smallest absolute Gasteiger partial charge is 0.338 e. The van der Waals surface area contributed by atoms with E-state index < -0.39 is 30.4 Å². The zero-order chi connectivity index (χ0) is 24.8. The first-order valence-corrected chi connectivity index (χ1v) is 11.2. The van der Waals surface area contributed by atoms with Crippen LogP contribution in [0.15, 0.2) is 48.5 Å². The lowest BCUT2D eigenvalue weighted by molar-refractivity contribution is -0.147. The van der Waals surface area contributed by atoms with Gasteiger partial charge in [-0.15, -0.1) is 0 Å². The molecule has 34 heavy (non-hydrogen) atoms. The molecule has 2 amide bonds. The minimum absolute atomic E-state index is 0.140. The van der Waals surface area contributed by atoms with Gasteiger partial charge in [0.15, 0.2) is 6.61 Å². The first kappa shape index (κ1) is 26.4. The van der Waals surface area contributed by atoms with E-state index in [1.54, 1.807) is 42.5 Å². The number of amides is 2. The van der Waals surface area contributed by atoms with Crippen LogP contribution in [-0.4, -0.2) is 43.6 Å². The number of esters is 2. The minimum Gasteiger partial charge on any atom is -0.492 e. The van der Waals surface area contributed by atoms with Gasteiger partial charge in [-0.05, 0) is 43.7 Å². The zero-order valence-electron chi connectivity index (χ0n) is 19.4. The van der Waals surface area contributed by atoms with E-state index in [-0.39, 0.29) is 12.8 Å². The van der Waals surface area contributed by atoms with Crippen molar-refractivity contribution in [3.8, 4) is 5.75 Å². The molecule has 0 saturated carbocycles. The van der Waals surface area contributed by atoms with E-state index in [2.05, 4.69) is 10.6 Å². The Labute approximate surface area is 198 Å². The van der Waals surface area contributed by atoms with Crippen LogP contribution >= 0.6 is 0 Å². The van der Waals surface area contributed by atoms with E-state index in [0.717, 1.165) is 12.8 Å². The number of carbonyl (C=O) groups excluding carboxylic acids is 4. The molecule has 0 radical (unpaired) electrons. The molecule has 0 bridgehead atoms. The second-order valence-electron chi connectivity index (χ2n) is 7.26. The molecule has 2 N–H and O–H groups in total. The molecule has 0 heterocycles. The van der Waals surface area contributed by atoms with Gasteiger partial charge in [0.05, 0.1) is 30.9 Å². The van der Waals surface area contributed by atoms with Crippen molar-refractivity contribution < 1.29 is 33.4 Å². The Morgan fingerprint density at radius 2 is 1.65 bits per heavy atom. The summed E-state index contributed by atoms with van der Waals surface area (Å²) < 4.78 is 15.5. The second kappa shape index (κ2) is 14.3. The van der Waals surface area contributed by atoms with Crippen molar-refractivity contribution in [1.82, 2.24) is 0 Å². The van der Waals surface area contributed by atoms with Gasteiger partial charge in [-0.25, -0.2) is 4.79 Å². The second-order valence-corrected chi connectivity index (χ2v) is 7.26. The van der Waals surface area contributed by atoms with Crippen molar-refractivity contribution in [3.63, 3.8) is 0 Å². The molecule has 0 atom stereocenters. The fourth-order valence-electron chi connectivity index (χ4n) is 2.81. The third-order valence-corrected chi connectivity index (χ3v) is 4.49. The van der Waals surface area contributed by atoms with Crippen LogP contribution < -0.4 is 15.4 Å². The molecule has 2 aromatic rings. The van der Waals surface area contributed by atoms with Crippen molar-refractivity contribution >= 4 is 35.1 Å². The Morgan fingerprint density at radius 1 is 0.853 bits per heavy atom. The molecule has 0 aliphatic rings. The lowest BCUT2D eigenvalue weighted by Gasteiger charge is -2.11. The number of carbonyl (C=O) groups is 4. The number of para-hydroxylation sites is 2. The molecule has 0 aliphatic heterocycles. The van der Waals surface area contributed by atoms with Crippen LogP contribution in [0.5, 0.6) is 5.75 Å². The Bertz CT molecular complexity index is 991. The summed E-state index contributed by atoms with van der Waals surface area (Å²) in [5, 5.41) is 5.25. The van der Waals surface area contributed by atoms with E-state index in [4.69, 9.17) is 14.2 Å². The molecule has 182 valence electrons. The van der Waals surface area contributed by atoms with Crippen LogP contribution in [0.3, 0.4) is 0 Å². The summed E-state index contributed by atoms with van der Waals surface area (Å²) in [5.41, 5.74) is 1.21. The lowest BCUT2D eigenvalue weighted by atomic mass is 10.2. The summed E-state index contributed by atoms with van der Waals surface area (Å²) in [7, 11) is 0. The number of unbranched alkanes of at least 4 members (excludes halogenated alkanes) is 1. The van der Waals surface area contributed by atoms with Gasteiger partial charge in [0.1, 0.15) is 5.75 Å².